The SMILES string of the molecule is Fc1ccccc1N1CCN(CCC2COCCN2)CC1. The van der Waals surface area contributed by atoms with Crippen LogP contribution in [0.1, 0.15) is 6.42 Å². The molecule has 0 saturated carbocycles. The fourth-order valence-electron chi connectivity index (χ4n) is 3.06. The van der Waals surface area contributed by atoms with E-state index in [0.29, 0.717) is 6.04 Å². The Labute approximate surface area is 125 Å². The summed E-state index contributed by atoms with van der Waals surface area (Å²) in [6.45, 7) is 7.51. The van der Waals surface area contributed by atoms with Gasteiger partial charge in [-0.05, 0) is 25.1 Å². The average Bonchev–Trinajstić information content (AvgIpc) is 2.55. The summed E-state index contributed by atoms with van der Waals surface area (Å²) in [6.07, 6.45) is 1.12. The van der Waals surface area contributed by atoms with Gasteiger partial charge in [-0.25, -0.2) is 4.39 Å². The quantitative estimate of drug-likeness (QED) is 0.906. The molecule has 0 amide bonds. The van der Waals surface area contributed by atoms with E-state index in [0.717, 1.165) is 64.6 Å². The van der Waals surface area contributed by atoms with Gasteiger partial charge >= 0.3 is 0 Å². The van der Waals surface area contributed by atoms with Gasteiger partial charge in [0.25, 0.3) is 0 Å². The highest BCUT2D eigenvalue weighted by Gasteiger charge is 2.20. The molecule has 2 heterocycles. The highest BCUT2D eigenvalue weighted by Crippen LogP contribution is 2.20. The number of benzene rings is 1. The lowest BCUT2D eigenvalue weighted by Gasteiger charge is -2.37. The molecule has 1 atom stereocenters. The molecular weight excluding hydrogens is 269 g/mol. The van der Waals surface area contributed by atoms with E-state index in [-0.39, 0.29) is 5.82 Å². The Morgan fingerprint density at radius 1 is 1.19 bits per heavy atom. The van der Waals surface area contributed by atoms with Crippen molar-refractivity contribution < 1.29 is 9.13 Å². The summed E-state index contributed by atoms with van der Waals surface area (Å²) in [4.78, 5) is 4.61. The molecule has 21 heavy (non-hydrogen) atoms. The van der Waals surface area contributed by atoms with Gasteiger partial charge in [0, 0.05) is 38.8 Å². The second-order valence-electron chi connectivity index (χ2n) is 5.79. The summed E-state index contributed by atoms with van der Waals surface area (Å²) in [5.41, 5.74) is 0.736. The van der Waals surface area contributed by atoms with E-state index in [9.17, 15) is 4.39 Å². The van der Waals surface area contributed by atoms with E-state index in [2.05, 4.69) is 15.1 Å². The van der Waals surface area contributed by atoms with Crippen molar-refractivity contribution in [1.29, 1.82) is 0 Å². The Bertz CT molecular complexity index is 443. The van der Waals surface area contributed by atoms with Crippen LogP contribution in [0.3, 0.4) is 0 Å². The summed E-state index contributed by atoms with van der Waals surface area (Å²) >= 11 is 0. The molecular formula is C16H24FN3O. The van der Waals surface area contributed by atoms with E-state index in [4.69, 9.17) is 4.74 Å². The molecule has 1 unspecified atom stereocenters. The third kappa shape index (κ3) is 3.93. The highest BCUT2D eigenvalue weighted by molar-refractivity contribution is 5.47. The molecule has 4 nitrogen and oxygen atoms in total. The summed E-state index contributed by atoms with van der Waals surface area (Å²) < 4.78 is 19.3. The van der Waals surface area contributed by atoms with Gasteiger partial charge in [-0.1, -0.05) is 12.1 Å². The minimum atomic E-state index is -0.116. The third-order valence-electron chi connectivity index (χ3n) is 4.36. The second-order valence-corrected chi connectivity index (χ2v) is 5.79. The number of nitrogens with zero attached hydrogens (tertiary/aromatic N) is 2. The molecule has 0 radical (unpaired) electrons. The summed E-state index contributed by atoms with van der Waals surface area (Å²) in [5, 5.41) is 3.49. The van der Waals surface area contributed by atoms with Crippen molar-refractivity contribution in [3.63, 3.8) is 0 Å². The molecule has 0 spiro atoms. The fraction of sp³-hybridized carbons (Fsp3) is 0.625. The Morgan fingerprint density at radius 2 is 2.00 bits per heavy atom. The topological polar surface area (TPSA) is 27.7 Å². The first-order chi connectivity index (χ1) is 10.3. The Kier molecular flexibility index (Phi) is 5.06. The lowest BCUT2D eigenvalue weighted by atomic mass is 10.1. The number of anilines is 1. The number of halogens is 1. The third-order valence-corrected chi connectivity index (χ3v) is 4.36. The second kappa shape index (κ2) is 7.20. The zero-order valence-corrected chi connectivity index (χ0v) is 12.4. The zero-order chi connectivity index (χ0) is 14.5. The summed E-state index contributed by atoms with van der Waals surface area (Å²) in [6, 6.07) is 7.54. The highest BCUT2D eigenvalue weighted by atomic mass is 19.1. The van der Waals surface area contributed by atoms with Crippen molar-refractivity contribution in [2.45, 2.75) is 12.5 Å². The van der Waals surface area contributed by atoms with E-state index in [1.807, 2.05) is 12.1 Å². The Hall–Kier alpha value is -1.17. The first-order valence-electron chi connectivity index (χ1n) is 7.86. The first-order valence-corrected chi connectivity index (χ1v) is 7.86. The molecule has 1 N–H and O–H groups in total. The molecule has 1 aromatic carbocycles. The van der Waals surface area contributed by atoms with Crippen molar-refractivity contribution in [2.24, 2.45) is 0 Å². The van der Waals surface area contributed by atoms with Gasteiger partial charge in [0.15, 0.2) is 0 Å². The van der Waals surface area contributed by atoms with Gasteiger partial charge in [0.2, 0.25) is 0 Å². The van der Waals surface area contributed by atoms with Crippen LogP contribution in [-0.4, -0.2) is 63.4 Å². The van der Waals surface area contributed by atoms with E-state index >= 15 is 0 Å². The minimum Gasteiger partial charge on any atom is -0.379 e. The van der Waals surface area contributed by atoms with Gasteiger partial charge in [0.1, 0.15) is 5.82 Å². The molecule has 116 valence electrons. The van der Waals surface area contributed by atoms with Crippen molar-refractivity contribution >= 4 is 5.69 Å². The molecule has 0 aliphatic carbocycles. The molecule has 1 aromatic rings. The predicted octanol–water partition coefficient (Wildman–Crippen LogP) is 1.33. The van der Waals surface area contributed by atoms with Gasteiger partial charge in [-0.2, -0.15) is 0 Å². The molecule has 0 aromatic heterocycles. The monoisotopic (exact) mass is 293 g/mol. The largest absolute Gasteiger partial charge is 0.379 e. The van der Waals surface area contributed by atoms with Crippen LogP contribution in [0.2, 0.25) is 0 Å². The zero-order valence-electron chi connectivity index (χ0n) is 12.4. The number of para-hydroxylation sites is 1. The molecule has 2 saturated heterocycles. The Balaban J connectivity index is 1.43. The standard InChI is InChI=1S/C16H24FN3O/c17-15-3-1-2-4-16(15)20-10-8-19(9-11-20)7-5-14-13-21-12-6-18-14/h1-4,14,18H,5-13H2. The predicted molar refractivity (Wildman–Crippen MR) is 82.3 cm³/mol. The van der Waals surface area contributed by atoms with Crippen LogP contribution < -0.4 is 10.2 Å². The van der Waals surface area contributed by atoms with Crippen LogP contribution >= 0.6 is 0 Å². The van der Waals surface area contributed by atoms with E-state index in [1.165, 1.54) is 6.07 Å². The number of morpholine rings is 1. The van der Waals surface area contributed by atoms with Crippen LogP contribution in [0.5, 0.6) is 0 Å². The van der Waals surface area contributed by atoms with Crippen LogP contribution in [0, 0.1) is 5.82 Å². The maximum atomic E-state index is 13.8. The lowest BCUT2D eigenvalue weighted by Crippen LogP contribution is -2.49. The smallest absolute Gasteiger partial charge is 0.146 e. The van der Waals surface area contributed by atoms with E-state index in [1.54, 1.807) is 6.07 Å². The van der Waals surface area contributed by atoms with Gasteiger partial charge < -0.3 is 15.0 Å². The van der Waals surface area contributed by atoms with Crippen LogP contribution in [0.15, 0.2) is 24.3 Å². The normalized spacial score (nSPS) is 24.2. The van der Waals surface area contributed by atoms with Crippen molar-refractivity contribution in [1.82, 2.24) is 10.2 Å². The van der Waals surface area contributed by atoms with Gasteiger partial charge in [0.05, 0.1) is 18.9 Å². The van der Waals surface area contributed by atoms with Crippen LogP contribution in [-0.2, 0) is 4.74 Å². The van der Waals surface area contributed by atoms with Crippen molar-refractivity contribution in [3.8, 4) is 0 Å². The van der Waals surface area contributed by atoms with Crippen molar-refractivity contribution in [3.05, 3.63) is 30.1 Å². The number of hydrogen-bond donors (Lipinski definition) is 1. The molecule has 2 fully saturated rings. The van der Waals surface area contributed by atoms with Crippen LogP contribution in [0.4, 0.5) is 10.1 Å². The minimum absolute atomic E-state index is 0.116. The number of rotatable bonds is 4. The first kappa shape index (κ1) is 14.8. The summed E-state index contributed by atoms with van der Waals surface area (Å²) in [7, 11) is 0. The molecule has 2 aliphatic heterocycles. The van der Waals surface area contributed by atoms with Gasteiger partial charge in [-0.15, -0.1) is 0 Å². The fourth-order valence-corrected chi connectivity index (χ4v) is 3.06. The summed E-state index contributed by atoms with van der Waals surface area (Å²) in [5.74, 6) is -0.116. The molecule has 0 bridgehead atoms. The maximum absolute atomic E-state index is 13.8. The van der Waals surface area contributed by atoms with E-state index < -0.39 is 0 Å². The number of nitrogens with one attached hydrogen (secondary N) is 1. The maximum Gasteiger partial charge on any atom is 0.146 e. The number of piperazine rings is 1. The molecule has 3 rings (SSSR count). The number of hydrogen-bond acceptors (Lipinski definition) is 4. The molecule has 5 heteroatoms. The number of ether oxygens (including phenoxy) is 1. The van der Waals surface area contributed by atoms with Crippen molar-refractivity contribution in [2.75, 3.05) is 57.4 Å². The van der Waals surface area contributed by atoms with Crippen LogP contribution in [0.25, 0.3) is 0 Å². The Morgan fingerprint density at radius 3 is 2.71 bits per heavy atom. The average molecular weight is 293 g/mol. The lowest BCUT2D eigenvalue weighted by molar-refractivity contribution is 0.0696. The molecule has 2 aliphatic rings. The van der Waals surface area contributed by atoms with Gasteiger partial charge in [-0.3, -0.25) is 4.90 Å².